The molecular formula is C20H21ClFNO3. The first-order chi connectivity index (χ1) is 12.5. The van der Waals surface area contributed by atoms with Gasteiger partial charge in [-0.25, -0.2) is 9.18 Å². The maximum absolute atomic E-state index is 15.1. The molecule has 0 aliphatic carbocycles. The van der Waals surface area contributed by atoms with Gasteiger partial charge in [0.25, 0.3) is 0 Å². The fourth-order valence-corrected chi connectivity index (χ4v) is 2.65. The number of nitrogens with one attached hydrogen (secondary N) is 1. The van der Waals surface area contributed by atoms with E-state index in [1.807, 2.05) is 13.0 Å². The lowest BCUT2D eigenvalue weighted by atomic mass is 10.0. The molecule has 0 fully saturated rings. The number of halogens is 2. The zero-order chi connectivity index (χ0) is 19.1. The summed E-state index contributed by atoms with van der Waals surface area (Å²) in [5, 5.41) is 3.31. The molecule has 6 heteroatoms. The Labute approximate surface area is 157 Å². The first-order valence-corrected chi connectivity index (χ1v) is 8.57. The van der Waals surface area contributed by atoms with Crippen molar-refractivity contribution < 1.29 is 18.7 Å². The van der Waals surface area contributed by atoms with Crippen LogP contribution in [0.25, 0.3) is 0 Å². The van der Waals surface area contributed by atoms with Crippen LogP contribution in [0.2, 0.25) is 5.02 Å². The highest BCUT2D eigenvalue weighted by atomic mass is 35.5. The van der Waals surface area contributed by atoms with E-state index in [0.29, 0.717) is 23.4 Å². The van der Waals surface area contributed by atoms with Gasteiger partial charge in [0.2, 0.25) is 0 Å². The number of methoxy groups -OCH3 is 1. The molecule has 0 amide bonds. The van der Waals surface area contributed by atoms with Gasteiger partial charge in [0.05, 0.1) is 18.2 Å². The molecule has 0 radical (unpaired) electrons. The van der Waals surface area contributed by atoms with Crippen molar-refractivity contribution in [1.82, 2.24) is 5.32 Å². The van der Waals surface area contributed by atoms with Crippen molar-refractivity contribution >= 4 is 17.6 Å². The van der Waals surface area contributed by atoms with Crippen LogP contribution in [0.5, 0.6) is 11.5 Å². The minimum Gasteiger partial charge on any atom is -0.466 e. The van der Waals surface area contributed by atoms with Gasteiger partial charge in [-0.2, -0.15) is 0 Å². The third-order valence-corrected chi connectivity index (χ3v) is 4.06. The summed E-state index contributed by atoms with van der Waals surface area (Å²) >= 11 is 6.13. The van der Waals surface area contributed by atoms with Crippen LogP contribution in [-0.2, 0) is 9.53 Å². The van der Waals surface area contributed by atoms with Crippen LogP contribution in [0, 0.1) is 5.82 Å². The van der Waals surface area contributed by atoms with E-state index in [1.54, 1.807) is 43.3 Å². The summed E-state index contributed by atoms with van der Waals surface area (Å²) < 4.78 is 25.3. The van der Waals surface area contributed by atoms with Crippen molar-refractivity contribution in [2.45, 2.75) is 26.3 Å². The van der Waals surface area contributed by atoms with Gasteiger partial charge in [0.15, 0.2) is 11.6 Å². The lowest BCUT2D eigenvalue weighted by Crippen LogP contribution is -2.21. The van der Waals surface area contributed by atoms with Gasteiger partial charge in [0, 0.05) is 17.3 Å². The zero-order valence-corrected chi connectivity index (χ0v) is 15.6. The van der Waals surface area contributed by atoms with Crippen LogP contribution >= 0.6 is 11.6 Å². The molecule has 0 aliphatic rings. The highest BCUT2D eigenvalue weighted by Gasteiger charge is 2.20. The second-order valence-electron chi connectivity index (χ2n) is 5.65. The topological polar surface area (TPSA) is 47.6 Å². The Morgan fingerprint density at radius 3 is 2.58 bits per heavy atom. The number of carbonyl (C=O) groups is 1. The number of ether oxygens (including phenoxy) is 2. The molecule has 0 aromatic heterocycles. The molecule has 1 atom stereocenters. The van der Waals surface area contributed by atoms with Crippen LogP contribution in [0.1, 0.15) is 31.9 Å². The van der Waals surface area contributed by atoms with E-state index in [9.17, 15) is 4.79 Å². The molecule has 0 bridgehead atoms. The predicted octanol–water partition coefficient (Wildman–Crippen LogP) is 5.39. The summed E-state index contributed by atoms with van der Waals surface area (Å²) in [6, 6.07) is 11.7. The average Bonchev–Trinajstić information content (AvgIpc) is 2.64. The number of benzene rings is 2. The predicted molar refractivity (Wildman–Crippen MR) is 99.9 cm³/mol. The first kappa shape index (κ1) is 19.8. The zero-order valence-electron chi connectivity index (χ0n) is 14.9. The van der Waals surface area contributed by atoms with Gasteiger partial charge >= 0.3 is 5.97 Å². The average molecular weight is 378 g/mol. The van der Waals surface area contributed by atoms with Crippen molar-refractivity contribution in [3.63, 3.8) is 0 Å². The van der Waals surface area contributed by atoms with Crippen molar-refractivity contribution in [2.75, 3.05) is 7.11 Å². The van der Waals surface area contributed by atoms with Gasteiger partial charge in [-0.15, -0.1) is 0 Å². The van der Waals surface area contributed by atoms with Crippen molar-refractivity contribution in [1.29, 1.82) is 0 Å². The smallest absolute Gasteiger partial charge is 0.332 e. The van der Waals surface area contributed by atoms with Gasteiger partial charge in [0.1, 0.15) is 5.75 Å². The fraction of sp³-hybridized carbons (Fsp3) is 0.250. The standard InChI is InChI=1S/C20H21ClFNO3/c1-4-17(23-13(2)12-18(24)25-3)15-10-11-16(21)20(19(15)22)26-14-8-6-5-7-9-14/h5-12,17,23H,4H2,1-3H3/b13-12-/t17-/m1/s1. The fourth-order valence-electron chi connectivity index (χ4n) is 2.47. The Morgan fingerprint density at radius 1 is 1.27 bits per heavy atom. The Balaban J connectivity index is 2.31. The second-order valence-corrected chi connectivity index (χ2v) is 6.06. The van der Waals surface area contributed by atoms with Crippen molar-refractivity contribution in [3.8, 4) is 11.5 Å². The molecule has 1 N–H and O–H groups in total. The van der Waals surface area contributed by atoms with Gasteiger partial charge < -0.3 is 14.8 Å². The van der Waals surface area contributed by atoms with E-state index >= 15 is 4.39 Å². The van der Waals surface area contributed by atoms with Gasteiger partial charge in [-0.3, -0.25) is 0 Å². The first-order valence-electron chi connectivity index (χ1n) is 8.19. The largest absolute Gasteiger partial charge is 0.466 e. The Bertz CT molecular complexity index is 793. The molecule has 0 heterocycles. The molecule has 138 valence electrons. The molecular weight excluding hydrogens is 357 g/mol. The Kier molecular flexibility index (Phi) is 7.04. The number of hydrogen-bond donors (Lipinski definition) is 1. The van der Waals surface area contributed by atoms with Gasteiger partial charge in [-0.05, 0) is 31.5 Å². The van der Waals surface area contributed by atoms with Gasteiger partial charge in [-0.1, -0.05) is 42.8 Å². The normalized spacial score (nSPS) is 12.4. The number of allylic oxidation sites excluding steroid dienone is 1. The molecule has 0 saturated carbocycles. The minimum atomic E-state index is -0.536. The molecule has 26 heavy (non-hydrogen) atoms. The number of para-hydroxylation sites is 1. The van der Waals surface area contributed by atoms with E-state index < -0.39 is 11.8 Å². The lowest BCUT2D eigenvalue weighted by molar-refractivity contribution is -0.134. The summed E-state index contributed by atoms with van der Waals surface area (Å²) in [6.07, 6.45) is 1.91. The molecule has 0 aliphatic heterocycles. The van der Waals surface area contributed by atoms with E-state index in [0.717, 1.165) is 0 Å². The summed E-state index contributed by atoms with van der Waals surface area (Å²) in [6.45, 7) is 3.63. The highest BCUT2D eigenvalue weighted by molar-refractivity contribution is 6.32. The van der Waals surface area contributed by atoms with E-state index in [4.69, 9.17) is 16.3 Å². The van der Waals surface area contributed by atoms with E-state index in [1.165, 1.54) is 13.2 Å². The summed E-state index contributed by atoms with van der Waals surface area (Å²) in [4.78, 5) is 11.3. The number of hydrogen-bond acceptors (Lipinski definition) is 4. The maximum atomic E-state index is 15.1. The second kappa shape index (κ2) is 9.25. The SMILES string of the molecule is CC[C@@H](N/C(C)=C\C(=O)OC)c1ccc(Cl)c(Oc2ccccc2)c1F. The van der Waals surface area contributed by atoms with Crippen LogP contribution in [-0.4, -0.2) is 13.1 Å². The molecule has 0 unspecified atom stereocenters. The quantitative estimate of drug-likeness (QED) is 0.519. The molecule has 4 nitrogen and oxygen atoms in total. The third-order valence-electron chi connectivity index (χ3n) is 3.76. The molecule has 2 aromatic carbocycles. The minimum absolute atomic E-state index is 0.0229. The van der Waals surface area contributed by atoms with Crippen LogP contribution in [0.4, 0.5) is 4.39 Å². The summed E-state index contributed by atoms with van der Waals surface area (Å²) in [5.41, 5.74) is 0.976. The number of rotatable bonds is 7. The third kappa shape index (κ3) is 4.99. The highest BCUT2D eigenvalue weighted by Crippen LogP contribution is 2.36. The maximum Gasteiger partial charge on any atom is 0.332 e. The number of carbonyl (C=O) groups excluding carboxylic acids is 1. The molecule has 2 aromatic rings. The Hall–Kier alpha value is -2.53. The van der Waals surface area contributed by atoms with Crippen LogP contribution < -0.4 is 10.1 Å². The number of esters is 1. The van der Waals surface area contributed by atoms with Crippen molar-refractivity contribution in [2.24, 2.45) is 0 Å². The molecule has 0 saturated heterocycles. The summed E-state index contributed by atoms with van der Waals surface area (Å²) in [7, 11) is 1.30. The monoisotopic (exact) mass is 377 g/mol. The lowest BCUT2D eigenvalue weighted by Gasteiger charge is -2.21. The van der Waals surface area contributed by atoms with E-state index in [-0.39, 0.29) is 16.8 Å². The van der Waals surface area contributed by atoms with Crippen molar-refractivity contribution in [3.05, 3.63) is 70.6 Å². The molecule has 0 spiro atoms. The molecule has 2 rings (SSSR count). The van der Waals surface area contributed by atoms with Crippen LogP contribution in [0.3, 0.4) is 0 Å². The summed E-state index contributed by atoms with van der Waals surface area (Å²) in [5.74, 6) is -0.542. The van der Waals surface area contributed by atoms with E-state index in [2.05, 4.69) is 10.1 Å². The Morgan fingerprint density at radius 2 is 1.96 bits per heavy atom. The van der Waals surface area contributed by atoms with Crippen LogP contribution in [0.15, 0.2) is 54.2 Å².